The molecule has 0 aromatic heterocycles. The van der Waals surface area contributed by atoms with Crippen molar-refractivity contribution in [3.63, 3.8) is 0 Å². The number of amides is 1. The van der Waals surface area contributed by atoms with E-state index in [0.717, 1.165) is 0 Å². The van der Waals surface area contributed by atoms with Gasteiger partial charge in [-0.15, -0.1) is 0 Å². The van der Waals surface area contributed by atoms with Crippen LogP contribution in [0.15, 0.2) is 24.3 Å². The van der Waals surface area contributed by atoms with Crippen molar-refractivity contribution in [2.45, 2.75) is 18.8 Å². The summed E-state index contributed by atoms with van der Waals surface area (Å²) in [5, 5.41) is 2.73. The van der Waals surface area contributed by atoms with Gasteiger partial charge in [0.05, 0.1) is 0 Å². The number of benzene rings is 1. The maximum absolute atomic E-state index is 13.5. The van der Waals surface area contributed by atoms with Gasteiger partial charge in [0, 0.05) is 18.4 Å². The van der Waals surface area contributed by atoms with Crippen molar-refractivity contribution in [3.8, 4) is 0 Å². The summed E-state index contributed by atoms with van der Waals surface area (Å²) < 4.78 is 13.5. The molecular formula is C11H12FNO. The van der Waals surface area contributed by atoms with E-state index in [1.165, 1.54) is 6.07 Å². The summed E-state index contributed by atoms with van der Waals surface area (Å²) in [7, 11) is 0. The number of carbonyl (C=O) groups is 1. The van der Waals surface area contributed by atoms with E-state index in [-0.39, 0.29) is 17.1 Å². The third-order valence-corrected chi connectivity index (χ3v) is 2.75. The monoisotopic (exact) mass is 193 g/mol. The van der Waals surface area contributed by atoms with Gasteiger partial charge in [-0.2, -0.15) is 0 Å². The number of carbonyl (C=O) groups excluding carboxylic acids is 1. The van der Waals surface area contributed by atoms with Crippen molar-refractivity contribution in [2.75, 3.05) is 6.54 Å². The van der Waals surface area contributed by atoms with Crippen LogP contribution in [0.3, 0.4) is 0 Å². The minimum atomic E-state index is -0.386. The highest BCUT2D eigenvalue weighted by atomic mass is 19.1. The second kappa shape index (κ2) is 3.08. The smallest absolute Gasteiger partial charge is 0.220 e. The molecule has 0 spiro atoms. The highest BCUT2D eigenvalue weighted by Gasteiger charge is 2.37. The Kier molecular flexibility index (Phi) is 2.02. The number of hydrogen-bond acceptors (Lipinski definition) is 1. The van der Waals surface area contributed by atoms with Gasteiger partial charge >= 0.3 is 0 Å². The van der Waals surface area contributed by atoms with Gasteiger partial charge in [0.2, 0.25) is 5.91 Å². The second-order valence-corrected chi connectivity index (χ2v) is 3.99. The Bertz CT molecular complexity index is 377. The lowest BCUT2D eigenvalue weighted by Gasteiger charge is -2.22. The third kappa shape index (κ3) is 1.39. The highest BCUT2D eigenvalue weighted by molar-refractivity contribution is 5.80. The molecule has 1 aromatic rings. The first-order valence-electron chi connectivity index (χ1n) is 4.63. The van der Waals surface area contributed by atoms with Gasteiger partial charge < -0.3 is 5.32 Å². The van der Waals surface area contributed by atoms with E-state index in [4.69, 9.17) is 0 Å². The molecule has 1 N–H and O–H groups in total. The van der Waals surface area contributed by atoms with Gasteiger partial charge in [0.25, 0.3) is 0 Å². The molecule has 0 bridgehead atoms. The standard InChI is InChI=1S/C11H12FNO/c1-11(6-10(14)13-7-11)8-4-2-3-5-9(8)12/h2-5H,6-7H2,1H3,(H,13,14). The molecule has 1 unspecified atom stereocenters. The van der Waals surface area contributed by atoms with Gasteiger partial charge in [-0.1, -0.05) is 25.1 Å². The molecular weight excluding hydrogens is 181 g/mol. The van der Waals surface area contributed by atoms with Gasteiger partial charge in [-0.3, -0.25) is 4.79 Å². The average molecular weight is 193 g/mol. The average Bonchev–Trinajstić information content (AvgIpc) is 2.48. The molecule has 3 heteroatoms. The van der Waals surface area contributed by atoms with E-state index in [1.807, 2.05) is 6.92 Å². The van der Waals surface area contributed by atoms with Crippen LogP contribution in [0.2, 0.25) is 0 Å². The molecule has 0 aliphatic carbocycles. The van der Waals surface area contributed by atoms with E-state index in [9.17, 15) is 9.18 Å². The Hall–Kier alpha value is -1.38. The van der Waals surface area contributed by atoms with Gasteiger partial charge in [-0.25, -0.2) is 4.39 Å². The number of rotatable bonds is 1. The molecule has 1 fully saturated rings. The second-order valence-electron chi connectivity index (χ2n) is 3.99. The molecule has 1 aliphatic heterocycles. The molecule has 74 valence electrons. The van der Waals surface area contributed by atoms with E-state index in [2.05, 4.69) is 5.32 Å². The first kappa shape index (κ1) is 9.19. The highest BCUT2D eigenvalue weighted by Crippen LogP contribution is 2.32. The Morgan fingerprint density at radius 3 is 2.71 bits per heavy atom. The fourth-order valence-electron chi connectivity index (χ4n) is 1.91. The first-order valence-corrected chi connectivity index (χ1v) is 4.63. The molecule has 0 radical (unpaired) electrons. The van der Waals surface area contributed by atoms with Crippen molar-refractivity contribution < 1.29 is 9.18 Å². The maximum Gasteiger partial charge on any atom is 0.220 e. The first-order chi connectivity index (χ1) is 6.62. The van der Waals surface area contributed by atoms with E-state index in [0.29, 0.717) is 18.5 Å². The summed E-state index contributed by atoms with van der Waals surface area (Å²) >= 11 is 0. The predicted octanol–water partition coefficient (Wildman–Crippen LogP) is 1.60. The molecule has 0 saturated carbocycles. The van der Waals surface area contributed by atoms with Crippen LogP contribution < -0.4 is 5.32 Å². The summed E-state index contributed by atoms with van der Waals surface area (Å²) in [4.78, 5) is 11.1. The van der Waals surface area contributed by atoms with E-state index >= 15 is 0 Å². The van der Waals surface area contributed by atoms with Gasteiger partial charge in [-0.05, 0) is 11.6 Å². The quantitative estimate of drug-likeness (QED) is 0.721. The minimum Gasteiger partial charge on any atom is -0.355 e. The molecule has 1 aromatic carbocycles. The number of nitrogens with one attached hydrogen (secondary N) is 1. The van der Waals surface area contributed by atoms with Crippen LogP contribution >= 0.6 is 0 Å². The van der Waals surface area contributed by atoms with Crippen molar-refractivity contribution in [1.82, 2.24) is 5.32 Å². The summed E-state index contributed by atoms with van der Waals surface area (Å²) in [6.45, 7) is 2.43. The minimum absolute atomic E-state index is 0.00393. The molecule has 1 atom stereocenters. The fraction of sp³-hybridized carbons (Fsp3) is 0.364. The van der Waals surface area contributed by atoms with Crippen LogP contribution in [0, 0.1) is 5.82 Å². The zero-order valence-corrected chi connectivity index (χ0v) is 8.01. The molecule has 1 amide bonds. The van der Waals surface area contributed by atoms with Crippen LogP contribution in [-0.2, 0) is 10.2 Å². The topological polar surface area (TPSA) is 29.1 Å². The number of hydrogen-bond donors (Lipinski definition) is 1. The fourth-order valence-corrected chi connectivity index (χ4v) is 1.91. The Balaban J connectivity index is 2.40. The van der Waals surface area contributed by atoms with Crippen LogP contribution in [-0.4, -0.2) is 12.5 Å². The Morgan fingerprint density at radius 1 is 1.43 bits per heavy atom. The zero-order chi connectivity index (χ0) is 10.2. The van der Waals surface area contributed by atoms with Crippen LogP contribution in [0.5, 0.6) is 0 Å². The molecule has 1 heterocycles. The summed E-state index contributed by atoms with van der Waals surface area (Å²) in [5.74, 6) is -0.234. The molecule has 14 heavy (non-hydrogen) atoms. The molecule has 2 nitrogen and oxygen atoms in total. The lowest BCUT2D eigenvalue weighted by Crippen LogP contribution is -2.26. The summed E-state index contributed by atoms with van der Waals surface area (Å²) in [6, 6.07) is 6.64. The largest absolute Gasteiger partial charge is 0.355 e. The SMILES string of the molecule is CC1(c2ccccc2F)CNC(=O)C1. The lowest BCUT2D eigenvalue weighted by molar-refractivity contribution is -0.119. The van der Waals surface area contributed by atoms with Crippen LogP contribution in [0.4, 0.5) is 4.39 Å². The maximum atomic E-state index is 13.5. The van der Waals surface area contributed by atoms with Crippen LogP contribution in [0.25, 0.3) is 0 Å². The van der Waals surface area contributed by atoms with E-state index in [1.54, 1.807) is 18.2 Å². The molecule has 2 rings (SSSR count). The van der Waals surface area contributed by atoms with Crippen LogP contribution in [0.1, 0.15) is 18.9 Å². The zero-order valence-electron chi connectivity index (χ0n) is 8.01. The Morgan fingerprint density at radius 2 is 2.14 bits per heavy atom. The van der Waals surface area contributed by atoms with Crippen molar-refractivity contribution in [2.24, 2.45) is 0 Å². The molecule has 1 saturated heterocycles. The lowest BCUT2D eigenvalue weighted by atomic mass is 9.81. The molecule has 1 aliphatic rings. The predicted molar refractivity (Wildman–Crippen MR) is 51.4 cm³/mol. The summed E-state index contributed by atoms with van der Waals surface area (Å²) in [6.07, 6.45) is 0.369. The van der Waals surface area contributed by atoms with Crippen molar-refractivity contribution in [3.05, 3.63) is 35.6 Å². The van der Waals surface area contributed by atoms with Gasteiger partial charge in [0.1, 0.15) is 5.82 Å². The summed E-state index contributed by atoms with van der Waals surface area (Å²) in [5.41, 5.74) is 0.237. The van der Waals surface area contributed by atoms with E-state index < -0.39 is 0 Å². The van der Waals surface area contributed by atoms with Crippen molar-refractivity contribution >= 4 is 5.91 Å². The normalized spacial score (nSPS) is 26.3. The third-order valence-electron chi connectivity index (χ3n) is 2.75. The Labute approximate surface area is 82.1 Å². The van der Waals surface area contributed by atoms with Crippen molar-refractivity contribution in [1.29, 1.82) is 0 Å². The number of halogens is 1. The van der Waals surface area contributed by atoms with Gasteiger partial charge in [0.15, 0.2) is 0 Å².